The molecule has 1 N–H and O–H groups in total. The molecule has 5 heteroatoms. The molecule has 2 aliphatic heterocycles. The Labute approximate surface area is 88.8 Å². The van der Waals surface area contributed by atoms with Crippen molar-refractivity contribution in [1.82, 2.24) is 10.2 Å². The maximum Gasteiger partial charge on any atom is 0.325 e. The van der Waals surface area contributed by atoms with Gasteiger partial charge < -0.3 is 10.1 Å². The first-order chi connectivity index (χ1) is 7.19. The van der Waals surface area contributed by atoms with Crippen LogP contribution < -0.4 is 5.32 Å². The molecule has 2 heterocycles. The van der Waals surface area contributed by atoms with E-state index in [2.05, 4.69) is 5.32 Å². The van der Waals surface area contributed by atoms with Crippen LogP contribution in [0.15, 0.2) is 0 Å². The number of hydrogen-bond donors (Lipinski definition) is 1. The summed E-state index contributed by atoms with van der Waals surface area (Å²) in [4.78, 5) is 24.9. The molecule has 0 bridgehead atoms. The van der Waals surface area contributed by atoms with E-state index in [0.717, 1.165) is 12.8 Å². The van der Waals surface area contributed by atoms with Crippen LogP contribution in [0.2, 0.25) is 0 Å². The van der Waals surface area contributed by atoms with Crippen molar-refractivity contribution in [2.24, 2.45) is 0 Å². The van der Waals surface area contributed by atoms with Gasteiger partial charge in [0, 0.05) is 19.6 Å². The van der Waals surface area contributed by atoms with Gasteiger partial charge in [0.2, 0.25) is 0 Å². The Bertz CT molecular complexity index is 284. The van der Waals surface area contributed by atoms with Gasteiger partial charge in [-0.1, -0.05) is 13.3 Å². The quantitative estimate of drug-likeness (QED) is 0.693. The fourth-order valence-corrected chi connectivity index (χ4v) is 2.03. The summed E-state index contributed by atoms with van der Waals surface area (Å²) in [6.45, 7) is 3.42. The average Bonchev–Trinajstić information content (AvgIpc) is 2.75. The fourth-order valence-electron chi connectivity index (χ4n) is 2.03. The van der Waals surface area contributed by atoms with Gasteiger partial charge in [-0.05, 0) is 6.42 Å². The lowest BCUT2D eigenvalue weighted by Gasteiger charge is -2.18. The van der Waals surface area contributed by atoms with Crippen LogP contribution in [-0.2, 0) is 9.53 Å². The number of hydrogen-bond acceptors (Lipinski definition) is 3. The van der Waals surface area contributed by atoms with E-state index in [-0.39, 0.29) is 11.9 Å². The Morgan fingerprint density at radius 1 is 1.53 bits per heavy atom. The van der Waals surface area contributed by atoms with Crippen LogP contribution in [0.4, 0.5) is 4.79 Å². The van der Waals surface area contributed by atoms with Gasteiger partial charge in [0.1, 0.15) is 5.54 Å². The topological polar surface area (TPSA) is 58.6 Å². The Hall–Kier alpha value is -1.10. The van der Waals surface area contributed by atoms with Crippen LogP contribution in [0.25, 0.3) is 0 Å². The van der Waals surface area contributed by atoms with Crippen LogP contribution in [0.1, 0.15) is 26.2 Å². The molecule has 2 saturated heterocycles. The SMILES string of the molecule is CCCCN1C(=O)NC2(CCOC2)C1=O. The van der Waals surface area contributed by atoms with Crippen molar-refractivity contribution in [2.45, 2.75) is 31.7 Å². The van der Waals surface area contributed by atoms with Crippen LogP contribution in [0, 0.1) is 0 Å². The zero-order valence-corrected chi connectivity index (χ0v) is 8.91. The Morgan fingerprint density at radius 3 is 2.93 bits per heavy atom. The van der Waals surface area contributed by atoms with Gasteiger partial charge in [0.25, 0.3) is 5.91 Å². The second-order valence-electron chi connectivity index (χ2n) is 4.13. The standard InChI is InChI=1S/C10H16N2O3/c1-2-3-5-12-8(13)10(11-9(12)14)4-6-15-7-10/h2-7H2,1H3,(H,11,14). The molecule has 0 aromatic carbocycles. The van der Waals surface area contributed by atoms with Crippen molar-refractivity contribution in [1.29, 1.82) is 0 Å². The van der Waals surface area contributed by atoms with Crippen molar-refractivity contribution in [3.05, 3.63) is 0 Å². The number of rotatable bonds is 3. The van der Waals surface area contributed by atoms with E-state index >= 15 is 0 Å². The molecular weight excluding hydrogens is 196 g/mol. The summed E-state index contributed by atoms with van der Waals surface area (Å²) >= 11 is 0. The predicted octanol–water partition coefficient (Wildman–Crippen LogP) is 0.497. The minimum Gasteiger partial charge on any atom is -0.378 e. The Balaban J connectivity index is 2.08. The molecule has 15 heavy (non-hydrogen) atoms. The molecule has 2 rings (SSSR count). The molecule has 2 aliphatic rings. The summed E-state index contributed by atoms with van der Waals surface area (Å²) in [6, 6.07) is -0.265. The Morgan fingerprint density at radius 2 is 2.33 bits per heavy atom. The first kappa shape index (κ1) is 10.4. The van der Waals surface area contributed by atoms with Gasteiger partial charge in [-0.2, -0.15) is 0 Å². The number of carbonyl (C=O) groups is 2. The highest BCUT2D eigenvalue weighted by molar-refractivity contribution is 6.07. The van der Waals surface area contributed by atoms with Gasteiger partial charge in [-0.3, -0.25) is 9.69 Å². The fraction of sp³-hybridized carbons (Fsp3) is 0.800. The first-order valence-electron chi connectivity index (χ1n) is 5.41. The summed E-state index contributed by atoms with van der Waals surface area (Å²) in [6.07, 6.45) is 2.43. The molecule has 3 amide bonds. The van der Waals surface area contributed by atoms with Crippen molar-refractivity contribution < 1.29 is 14.3 Å². The van der Waals surface area contributed by atoms with E-state index in [0.29, 0.717) is 26.2 Å². The number of amides is 3. The van der Waals surface area contributed by atoms with E-state index in [1.54, 1.807) is 0 Å². The van der Waals surface area contributed by atoms with E-state index in [1.807, 2.05) is 6.92 Å². The maximum atomic E-state index is 12.0. The molecule has 0 saturated carbocycles. The number of carbonyl (C=O) groups excluding carboxylic acids is 2. The van der Waals surface area contributed by atoms with Crippen molar-refractivity contribution in [3.63, 3.8) is 0 Å². The maximum absolute atomic E-state index is 12.0. The number of unbranched alkanes of at least 4 members (excludes halogenated alkanes) is 1. The molecule has 2 fully saturated rings. The van der Waals surface area contributed by atoms with Crippen molar-refractivity contribution >= 4 is 11.9 Å². The second kappa shape index (κ2) is 3.81. The first-order valence-corrected chi connectivity index (χ1v) is 5.41. The minimum atomic E-state index is -0.745. The lowest BCUT2D eigenvalue weighted by atomic mass is 9.99. The van der Waals surface area contributed by atoms with Gasteiger partial charge in [-0.15, -0.1) is 0 Å². The van der Waals surface area contributed by atoms with Crippen molar-refractivity contribution in [3.8, 4) is 0 Å². The number of urea groups is 1. The zero-order chi connectivity index (χ0) is 10.9. The molecule has 0 aliphatic carbocycles. The Kier molecular flexibility index (Phi) is 2.65. The number of ether oxygens (including phenoxy) is 1. The van der Waals surface area contributed by atoms with Gasteiger partial charge in [0.15, 0.2) is 0 Å². The van der Waals surface area contributed by atoms with E-state index < -0.39 is 5.54 Å². The molecule has 5 nitrogen and oxygen atoms in total. The third kappa shape index (κ3) is 1.61. The molecule has 0 radical (unpaired) electrons. The number of nitrogens with one attached hydrogen (secondary N) is 1. The normalized spacial score (nSPS) is 30.3. The molecule has 0 aromatic rings. The summed E-state index contributed by atoms with van der Waals surface area (Å²) < 4.78 is 5.19. The smallest absolute Gasteiger partial charge is 0.325 e. The molecule has 0 aromatic heterocycles. The molecular formula is C10H16N2O3. The van der Waals surface area contributed by atoms with E-state index in [9.17, 15) is 9.59 Å². The van der Waals surface area contributed by atoms with E-state index in [4.69, 9.17) is 4.74 Å². The van der Waals surface area contributed by atoms with E-state index in [1.165, 1.54) is 4.90 Å². The second-order valence-corrected chi connectivity index (χ2v) is 4.13. The lowest BCUT2D eigenvalue weighted by molar-refractivity contribution is -0.131. The largest absolute Gasteiger partial charge is 0.378 e. The monoisotopic (exact) mass is 212 g/mol. The minimum absolute atomic E-state index is 0.113. The third-order valence-electron chi connectivity index (χ3n) is 3.00. The molecule has 1 spiro atoms. The van der Waals surface area contributed by atoms with Crippen LogP contribution in [0.3, 0.4) is 0 Å². The predicted molar refractivity (Wildman–Crippen MR) is 53.3 cm³/mol. The summed E-state index contributed by atoms with van der Waals surface area (Å²) in [5.74, 6) is -0.113. The highest BCUT2D eigenvalue weighted by atomic mass is 16.5. The zero-order valence-electron chi connectivity index (χ0n) is 8.91. The van der Waals surface area contributed by atoms with Crippen LogP contribution in [0.5, 0.6) is 0 Å². The lowest BCUT2D eigenvalue weighted by Crippen LogP contribution is -2.47. The highest BCUT2D eigenvalue weighted by Gasteiger charge is 2.53. The van der Waals surface area contributed by atoms with Gasteiger partial charge in [0.05, 0.1) is 6.61 Å². The average molecular weight is 212 g/mol. The highest BCUT2D eigenvalue weighted by Crippen LogP contribution is 2.26. The van der Waals surface area contributed by atoms with Gasteiger partial charge >= 0.3 is 6.03 Å². The third-order valence-corrected chi connectivity index (χ3v) is 3.00. The number of nitrogens with zero attached hydrogens (tertiary/aromatic N) is 1. The van der Waals surface area contributed by atoms with Crippen molar-refractivity contribution in [2.75, 3.05) is 19.8 Å². The summed E-state index contributed by atoms with van der Waals surface area (Å²) in [7, 11) is 0. The molecule has 84 valence electrons. The summed E-state index contributed by atoms with van der Waals surface area (Å²) in [5, 5.41) is 2.75. The molecule has 1 atom stereocenters. The van der Waals surface area contributed by atoms with Crippen LogP contribution >= 0.6 is 0 Å². The molecule has 1 unspecified atom stereocenters. The van der Waals surface area contributed by atoms with Crippen LogP contribution in [-0.4, -0.2) is 42.1 Å². The summed E-state index contributed by atoms with van der Waals surface area (Å²) in [5.41, 5.74) is -0.745. The number of imide groups is 1. The van der Waals surface area contributed by atoms with Gasteiger partial charge in [-0.25, -0.2) is 4.79 Å².